The number of aliphatic hydroxyl groups is 2. The molecule has 0 radical (unpaired) electrons. The van der Waals surface area contributed by atoms with Crippen LogP contribution in [-0.2, 0) is 9.57 Å². The highest BCUT2D eigenvalue weighted by Crippen LogP contribution is 2.62. The highest BCUT2D eigenvalue weighted by molar-refractivity contribution is 6.03. The third kappa shape index (κ3) is 14.5. The molecule has 1 saturated carbocycles. The van der Waals surface area contributed by atoms with Crippen molar-refractivity contribution in [2.45, 2.75) is 160 Å². The van der Waals surface area contributed by atoms with Gasteiger partial charge in [-0.15, -0.1) is 6.58 Å². The number of nitro benzene ring substituents is 1. The fraction of sp³-hybridized carbons (Fsp3) is 0.635. The van der Waals surface area contributed by atoms with Crippen molar-refractivity contribution in [1.82, 2.24) is 10.2 Å². The molecule has 370 valence electrons. The zero-order valence-corrected chi connectivity index (χ0v) is 40.5. The average Bonchev–Trinajstić information content (AvgIpc) is 3.30. The van der Waals surface area contributed by atoms with Crippen LogP contribution in [0.3, 0.4) is 0 Å². The number of benzene rings is 2. The normalized spacial score (nSPS) is 22.4. The van der Waals surface area contributed by atoms with Gasteiger partial charge in [-0.05, 0) is 101 Å². The molecule has 6 atom stereocenters. The number of non-ortho nitro benzene ring substituents is 1. The number of carbonyl (C=O) groups is 2. The zero-order valence-electron chi connectivity index (χ0n) is 40.5. The Morgan fingerprint density at radius 3 is 2.19 bits per heavy atom. The number of nitrogens with zero attached hydrogens (tertiary/aromatic N) is 3. The highest BCUT2D eigenvalue weighted by atomic mass is 16.7. The van der Waals surface area contributed by atoms with Crippen LogP contribution in [0, 0.1) is 27.9 Å². The predicted octanol–water partition coefficient (Wildman–Crippen LogP) is 11.2. The SMILES string of the molecule is C=CCOC12Oc3ccc(OC(=O)NCCCCCCCCCCCC)cc3C3C(CCCCO)C(CCCCO)C=C(C(=NOC(C)(C)C)CC1N(C)C(=O)Oc1ccc([N+](=O)[O-])cc1)C32. The standard InChI is InChI=1S/C52H76N4O11/c1-7-9-10-11-12-13-14-15-16-19-30-53-49(59)64-40-28-29-45-43(35-40)47-41(23-18-21-32-58)37(22-17-20-31-57)34-42-44(54-67-51(3,4)5)36-46(52(66-45,48(42)47)63-33-8-2)55(6)50(60)65-39-26-24-38(25-27-39)56(61)62/h8,24-29,34-35,37,41,46-48,57-58H,2,7,9-23,30-33,36H2,1,3-6H3,(H,53,59). The number of ether oxygens (including phenoxy) is 4. The molecule has 0 aromatic heterocycles. The van der Waals surface area contributed by atoms with Gasteiger partial charge in [0, 0.05) is 56.8 Å². The quantitative estimate of drug-likeness (QED) is 0.0334. The van der Waals surface area contributed by atoms with E-state index >= 15 is 0 Å². The Morgan fingerprint density at radius 1 is 0.925 bits per heavy atom. The van der Waals surface area contributed by atoms with Gasteiger partial charge < -0.3 is 44.2 Å². The molecule has 2 amide bonds. The number of carbonyl (C=O) groups excluding carboxylic acids is 2. The summed E-state index contributed by atoms with van der Waals surface area (Å²) in [6.45, 7) is 12.6. The van der Waals surface area contributed by atoms with E-state index in [2.05, 4.69) is 24.9 Å². The van der Waals surface area contributed by atoms with E-state index < -0.39 is 40.5 Å². The van der Waals surface area contributed by atoms with Gasteiger partial charge in [0.1, 0.15) is 28.9 Å². The Morgan fingerprint density at radius 2 is 1.57 bits per heavy atom. The van der Waals surface area contributed by atoms with Crippen LogP contribution in [0.4, 0.5) is 15.3 Å². The molecule has 15 heteroatoms. The molecule has 1 aliphatic heterocycles. The van der Waals surface area contributed by atoms with E-state index in [1.807, 2.05) is 26.8 Å². The summed E-state index contributed by atoms with van der Waals surface area (Å²) >= 11 is 0. The lowest BCUT2D eigenvalue weighted by molar-refractivity contribution is -0.384. The van der Waals surface area contributed by atoms with Crippen molar-refractivity contribution >= 4 is 23.6 Å². The molecule has 1 heterocycles. The van der Waals surface area contributed by atoms with E-state index in [0.717, 1.165) is 56.1 Å². The van der Waals surface area contributed by atoms with E-state index in [4.69, 9.17) is 28.9 Å². The molecule has 3 N–H and O–H groups in total. The van der Waals surface area contributed by atoms with Crippen LogP contribution in [0.25, 0.3) is 0 Å². The molecule has 6 unspecified atom stereocenters. The van der Waals surface area contributed by atoms with Gasteiger partial charge >= 0.3 is 12.2 Å². The molecule has 0 saturated heterocycles. The van der Waals surface area contributed by atoms with Crippen LogP contribution in [0.1, 0.15) is 148 Å². The molecular formula is C52H76N4O11. The minimum Gasteiger partial charge on any atom is -0.459 e. The summed E-state index contributed by atoms with van der Waals surface area (Å²) in [6, 6.07) is 9.78. The van der Waals surface area contributed by atoms with Crippen molar-refractivity contribution in [1.29, 1.82) is 0 Å². The minimum absolute atomic E-state index is 0.000280. The number of hydrogen-bond donors (Lipinski definition) is 3. The molecule has 3 aliphatic rings. The van der Waals surface area contributed by atoms with Gasteiger partial charge in [-0.3, -0.25) is 10.1 Å². The second kappa shape index (κ2) is 26.0. The number of allylic oxidation sites excluding steroid dienone is 1. The van der Waals surface area contributed by atoms with E-state index in [0.29, 0.717) is 36.6 Å². The topological polar surface area (TPSA) is 192 Å². The first kappa shape index (κ1) is 53.0. The molecule has 0 bridgehead atoms. The van der Waals surface area contributed by atoms with Gasteiger partial charge in [0.05, 0.1) is 23.2 Å². The fourth-order valence-electron chi connectivity index (χ4n) is 9.87. The third-order valence-electron chi connectivity index (χ3n) is 13.1. The summed E-state index contributed by atoms with van der Waals surface area (Å²) in [6.07, 6.45) is 18.9. The van der Waals surface area contributed by atoms with Gasteiger partial charge in [-0.25, -0.2) is 9.59 Å². The largest absolute Gasteiger partial charge is 0.459 e. The number of likely N-dealkylation sites (N-methyl/N-ethyl adjacent to an activating group) is 1. The second-order valence-corrected chi connectivity index (χ2v) is 19.2. The van der Waals surface area contributed by atoms with Crippen LogP contribution in [0.15, 0.2) is 71.9 Å². The maximum absolute atomic E-state index is 14.3. The van der Waals surface area contributed by atoms with Crippen LogP contribution in [0.2, 0.25) is 0 Å². The zero-order chi connectivity index (χ0) is 48.4. The predicted molar refractivity (Wildman–Crippen MR) is 259 cm³/mol. The maximum atomic E-state index is 14.3. The Hall–Kier alpha value is -4.99. The first-order chi connectivity index (χ1) is 32.3. The van der Waals surface area contributed by atoms with E-state index in [1.54, 1.807) is 25.3 Å². The number of rotatable bonds is 27. The van der Waals surface area contributed by atoms with E-state index in [-0.39, 0.29) is 55.4 Å². The van der Waals surface area contributed by atoms with Crippen molar-refractivity contribution in [3.8, 4) is 17.2 Å². The molecular weight excluding hydrogens is 857 g/mol. The Labute approximate surface area is 397 Å². The Bertz CT molecular complexity index is 1980. The van der Waals surface area contributed by atoms with Crippen LogP contribution >= 0.6 is 0 Å². The number of nitro groups is 1. The fourth-order valence-corrected chi connectivity index (χ4v) is 9.87. The minimum atomic E-state index is -1.54. The number of amides is 2. The highest BCUT2D eigenvalue weighted by Gasteiger charge is 2.65. The number of unbranched alkanes of at least 4 members (excludes halogenated alkanes) is 11. The molecule has 5 rings (SSSR count). The molecule has 67 heavy (non-hydrogen) atoms. The summed E-state index contributed by atoms with van der Waals surface area (Å²) in [7, 11) is 1.60. The molecule has 2 aliphatic carbocycles. The van der Waals surface area contributed by atoms with Crippen LogP contribution in [-0.4, -0.2) is 88.8 Å². The smallest absolute Gasteiger partial charge is 0.415 e. The second-order valence-electron chi connectivity index (χ2n) is 19.2. The van der Waals surface area contributed by atoms with Gasteiger partial charge in [-0.1, -0.05) is 94.9 Å². The van der Waals surface area contributed by atoms with Crippen molar-refractivity contribution in [3.05, 3.63) is 82.4 Å². The lowest BCUT2D eigenvalue weighted by Gasteiger charge is -2.59. The molecule has 2 aromatic carbocycles. The number of hydrogen-bond acceptors (Lipinski definition) is 12. The molecule has 15 nitrogen and oxygen atoms in total. The molecule has 1 fully saturated rings. The van der Waals surface area contributed by atoms with Crippen molar-refractivity contribution in [2.24, 2.45) is 22.9 Å². The first-order valence-corrected chi connectivity index (χ1v) is 24.7. The number of aliphatic hydroxyl groups excluding tert-OH is 2. The number of fused-ring (bicyclic) bond motifs is 2. The van der Waals surface area contributed by atoms with Crippen molar-refractivity contribution in [3.63, 3.8) is 0 Å². The Balaban J connectivity index is 1.54. The van der Waals surface area contributed by atoms with Gasteiger partial charge in [-0.2, -0.15) is 0 Å². The number of oxime groups is 1. The molecule has 0 spiro atoms. The van der Waals surface area contributed by atoms with Crippen molar-refractivity contribution in [2.75, 3.05) is 33.4 Å². The van der Waals surface area contributed by atoms with Crippen LogP contribution in [0.5, 0.6) is 17.2 Å². The lowest BCUT2D eigenvalue weighted by atomic mass is 9.55. The van der Waals surface area contributed by atoms with Gasteiger partial charge in [0.25, 0.3) is 5.69 Å². The van der Waals surface area contributed by atoms with E-state index in [9.17, 15) is 29.9 Å². The van der Waals surface area contributed by atoms with Gasteiger partial charge in [0.2, 0.25) is 5.79 Å². The average molecular weight is 933 g/mol. The first-order valence-electron chi connectivity index (χ1n) is 24.7. The maximum Gasteiger partial charge on any atom is 0.415 e. The van der Waals surface area contributed by atoms with Gasteiger partial charge in [0.15, 0.2) is 0 Å². The lowest BCUT2D eigenvalue weighted by Crippen LogP contribution is -2.69. The summed E-state index contributed by atoms with van der Waals surface area (Å²) in [5, 5.41) is 38.9. The number of nitrogens with one attached hydrogen (secondary N) is 1. The monoisotopic (exact) mass is 933 g/mol. The summed E-state index contributed by atoms with van der Waals surface area (Å²) in [4.78, 5) is 46.0. The summed E-state index contributed by atoms with van der Waals surface area (Å²) in [5.74, 6) is -1.55. The Kier molecular flexibility index (Phi) is 20.5. The van der Waals surface area contributed by atoms with E-state index in [1.165, 1.54) is 74.1 Å². The molecule has 2 aromatic rings. The van der Waals surface area contributed by atoms with Crippen molar-refractivity contribution < 1.29 is 48.5 Å². The summed E-state index contributed by atoms with van der Waals surface area (Å²) < 4.78 is 25.9. The summed E-state index contributed by atoms with van der Waals surface area (Å²) in [5.41, 5.74) is 1.47. The third-order valence-corrected chi connectivity index (χ3v) is 13.1. The van der Waals surface area contributed by atoms with Crippen LogP contribution < -0.4 is 19.5 Å².